The molecule has 0 amide bonds. The summed E-state index contributed by atoms with van der Waals surface area (Å²) in [6.45, 7) is 8.74. The van der Waals surface area contributed by atoms with E-state index in [1.165, 1.54) is 0 Å². The van der Waals surface area contributed by atoms with Crippen LogP contribution in [0.2, 0.25) is 6.04 Å². The van der Waals surface area contributed by atoms with Crippen molar-refractivity contribution < 1.29 is 13.9 Å². The Hall–Kier alpha value is 0.0969. The molecule has 1 rings (SSSR count). The lowest BCUT2D eigenvalue weighted by molar-refractivity contribution is 0.113. The second-order valence-electron chi connectivity index (χ2n) is 4.49. The molecule has 1 atom stereocenters. The molecule has 2 radical (unpaired) electrons. The van der Waals surface area contributed by atoms with Gasteiger partial charge in [-0.05, 0) is 33.2 Å². The van der Waals surface area contributed by atoms with Gasteiger partial charge in [-0.25, -0.2) is 0 Å². The zero-order valence-corrected chi connectivity index (χ0v) is 10.3. The summed E-state index contributed by atoms with van der Waals surface area (Å²) in [6.07, 6.45) is 1.48. The standard InChI is InChI=1S/C10H20O3Si/c1-10(2,3)13-14-6-4-5-11-7-9-8-12-9/h9H,4-8H2,1-3H3. The minimum absolute atomic E-state index is 0.00115. The van der Waals surface area contributed by atoms with Crippen molar-refractivity contribution in [2.45, 2.75) is 44.9 Å². The van der Waals surface area contributed by atoms with Gasteiger partial charge in [0.15, 0.2) is 0 Å². The van der Waals surface area contributed by atoms with Crippen LogP contribution in [-0.2, 0) is 13.9 Å². The lowest BCUT2D eigenvalue weighted by Gasteiger charge is -2.18. The number of epoxide rings is 1. The summed E-state index contributed by atoms with van der Waals surface area (Å²) >= 11 is 0. The maximum atomic E-state index is 5.62. The molecular formula is C10H20O3Si. The van der Waals surface area contributed by atoms with E-state index >= 15 is 0 Å². The molecular weight excluding hydrogens is 196 g/mol. The van der Waals surface area contributed by atoms with Crippen molar-refractivity contribution >= 4 is 9.76 Å². The zero-order valence-electron chi connectivity index (χ0n) is 9.34. The fourth-order valence-corrected chi connectivity index (χ4v) is 1.72. The van der Waals surface area contributed by atoms with Gasteiger partial charge in [0, 0.05) is 12.2 Å². The van der Waals surface area contributed by atoms with Crippen molar-refractivity contribution in [2.24, 2.45) is 0 Å². The molecule has 1 heterocycles. The molecule has 14 heavy (non-hydrogen) atoms. The van der Waals surface area contributed by atoms with E-state index in [-0.39, 0.29) is 5.60 Å². The van der Waals surface area contributed by atoms with E-state index in [1.807, 2.05) is 0 Å². The molecule has 1 fully saturated rings. The van der Waals surface area contributed by atoms with Crippen LogP contribution < -0.4 is 0 Å². The fourth-order valence-electron chi connectivity index (χ4n) is 0.893. The third-order valence-corrected chi connectivity index (χ3v) is 2.97. The molecule has 1 aliphatic rings. The molecule has 0 saturated carbocycles. The minimum atomic E-state index is 0.00115. The molecule has 82 valence electrons. The van der Waals surface area contributed by atoms with Crippen LogP contribution in [0.4, 0.5) is 0 Å². The van der Waals surface area contributed by atoms with Gasteiger partial charge in [-0.3, -0.25) is 0 Å². The highest BCUT2D eigenvalue weighted by Crippen LogP contribution is 2.09. The van der Waals surface area contributed by atoms with Gasteiger partial charge in [0.05, 0.1) is 13.2 Å². The Labute approximate surface area is 89.1 Å². The first-order valence-electron chi connectivity index (χ1n) is 5.18. The average Bonchev–Trinajstić information content (AvgIpc) is 2.84. The first kappa shape index (κ1) is 12.2. The molecule has 1 saturated heterocycles. The van der Waals surface area contributed by atoms with Gasteiger partial charge < -0.3 is 13.9 Å². The number of hydrogen-bond donors (Lipinski definition) is 0. The summed E-state index contributed by atoms with van der Waals surface area (Å²) in [5.41, 5.74) is 0.00115. The number of rotatable bonds is 7. The highest BCUT2D eigenvalue weighted by Gasteiger charge is 2.21. The smallest absolute Gasteiger partial charge is 0.230 e. The lowest BCUT2D eigenvalue weighted by Crippen LogP contribution is -2.21. The van der Waals surface area contributed by atoms with Gasteiger partial charge in [-0.15, -0.1) is 0 Å². The molecule has 0 aliphatic carbocycles. The van der Waals surface area contributed by atoms with E-state index in [0.717, 1.165) is 32.3 Å². The Bertz CT molecular complexity index is 152. The Balaban J connectivity index is 1.75. The fraction of sp³-hybridized carbons (Fsp3) is 1.00. The molecule has 0 N–H and O–H groups in total. The monoisotopic (exact) mass is 216 g/mol. The zero-order chi connectivity index (χ0) is 10.4. The van der Waals surface area contributed by atoms with Crippen molar-refractivity contribution in [1.29, 1.82) is 0 Å². The molecule has 0 aromatic heterocycles. The minimum Gasteiger partial charge on any atom is -0.413 e. The lowest BCUT2D eigenvalue weighted by atomic mass is 10.2. The van der Waals surface area contributed by atoms with Crippen molar-refractivity contribution in [3.05, 3.63) is 0 Å². The van der Waals surface area contributed by atoms with Crippen LogP contribution in [0.25, 0.3) is 0 Å². The largest absolute Gasteiger partial charge is 0.413 e. The van der Waals surface area contributed by atoms with Crippen LogP contribution in [0.1, 0.15) is 27.2 Å². The quantitative estimate of drug-likeness (QED) is 0.368. The predicted molar refractivity (Wildman–Crippen MR) is 56.6 cm³/mol. The summed E-state index contributed by atoms with van der Waals surface area (Å²) in [5.74, 6) is 0. The number of ether oxygens (including phenoxy) is 2. The highest BCUT2D eigenvalue weighted by atomic mass is 28.2. The highest BCUT2D eigenvalue weighted by molar-refractivity contribution is 6.27. The predicted octanol–water partition coefficient (Wildman–Crippen LogP) is 1.64. The van der Waals surface area contributed by atoms with Gasteiger partial charge in [0.1, 0.15) is 6.10 Å². The molecule has 0 aromatic carbocycles. The van der Waals surface area contributed by atoms with E-state index in [0.29, 0.717) is 15.9 Å². The van der Waals surface area contributed by atoms with Crippen molar-refractivity contribution in [3.8, 4) is 0 Å². The average molecular weight is 216 g/mol. The Kier molecular flexibility index (Phi) is 5.09. The van der Waals surface area contributed by atoms with Crippen LogP contribution in [0.5, 0.6) is 0 Å². The SMILES string of the molecule is CC(C)(C)O[Si]CCCOCC1CO1. The van der Waals surface area contributed by atoms with Crippen LogP contribution in [0, 0.1) is 0 Å². The van der Waals surface area contributed by atoms with Crippen molar-refractivity contribution in [2.75, 3.05) is 19.8 Å². The number of hydrogen-bond acceptors (Lipinski definition) is 3. The van der Waals surface area contributed by atoms with Crippen LogP contribution in [0.15, 0.2) is 0 Å². The van der Waals surface area contributed by atoms with E-state index in [2.05, 4.69) is 20.8 Å². The molecule has 0 bridgehead atoms. The van der Waals surface area contributed by atoms with Crippen molar-refractivity contribution in [1.82, 2.24) is 0 Å². The molecule has 3 nitrogen and oxygen atoms in total. The second-order valence-corrected chi connectivity index (χ2v) is 5.49. The third-order valence-electron chi connectivity index (χ3n) is 1.65. The van der Waals surface area contributed by atoms with E-state index < -0.39 is 0 Å². The topological polar surface area (TPSA) is 31.0 Å². The summed E-state index contributed by atoms with van der Waals surface area (Å²) in [6, 6.07) is 1.10. The first-order chi connectivity index (χ1) is 6.58. The van der Waals surface area contributed by atoms with E-state index in [9.17, 15) is 0 Å². The van der Waals surface area contributed by atoms with Gasteiger partial charge in [0.2, 0.25) is 9.76 Å². The van der Waals surface area contributed by atoms with Gasteiger partial charge in [-0.2, -0.15) is 0 Å². The Morgan fingerprint density at radius 3 is 2.71 bits per heavy atom. The maximum absolute atomic E-state index is 5.62. The van der Waals surface area contributed by atoms with E-state index in [1.54, 1.807) is 0 Å². The van der Waals surface area contributed by atoms with E-state index in [4.69, 9.17) is 13.9 Å². The summed E-state index contributed by atoms with van der Waals surface area (Å²) in [5, 5.41) is 0. The maximum Gasteiger partial charge on any atom is 0.230 e. The summed E-state index contributed by atoms with van der Waals surface area (Å²) < 4.78 is 16.1. The molecule has 1 aliphatic heterocycles. The van der Waals surface area contributed by atoms with Crippen LogP contribution in [0.3, 0.4) is 0 Å². The van der Waals surface area contributed by atoms with Gasteiger partial charge >= 0.3 is 0 Å². The Morgan fingerprint density at radius 2 is 2.14 bits per heavy atom. The molecule has 4 heteroatoms. The molecule has 0 spiro atoms. The summed E-state index contributed by atoms with van der Waals surface area (Å²) in [4.78, 5) is 0. The normalized spacial score (nSPS) is 21.2. The van der Waals surface area contributed by atoms with Crippen LogP contribution in [-0.4, -0.2) is 41.3 Å². The first-order valence-corrected chi connectivity index (χ1v) is 6.30. The molecule has 1 unspecified atom stereocenters. The second kappa shape index (κ2) is 5.85. The third kappa shape index (κ3) is 7.50. The van der Waals surface area contributed by atoms with Gasteiger partial charge in [0.25, 0.3) is 0 Å². The van der Waals surface area contributed by atoms with Gasteiger partial charge in [-0.1, -0.05) is 0 Å². The van der Waals surface area contributed by atoms with Crippen LogP contribution >= 0.6 is 0 Å². The Morgan fingerprint density at radius 1 is 1.43 bits per heavy atom. The molecule has 0 aromatic rings. The summed E-state index contributed by atoms with van der Waals surface area (Å²) in [7, 11) is 0.594. The van der Waals surface area contributed by atoms with Crippen molar-refractivity contribution in [3.63, 3.8) is 0 Å².